The summed E-state index contributed by atoms with van der Waals surface area (Å²) in [6.07, 6.45) is 0.173. The highest BCUT2D eigenvalue weighted by molar-refractivity contribution is 6.42. The van der Waals surface area contributed by atoms with Gasteiger partial charge >= 0.3 is 5.97 Å². The van der Waals surface area contributed by atoms with E-state index in [0.29, 0.717) is 10.6 Å². The lowest BCUT2D eigenvalue weighted by Crippen LogP contribution is -2.16. The lowest BCUT2D eigenvalue weighted by Gasteiger charge is -2.03. The van der Waals surface area contributed by atoms with Crippen LogP contribution in [0.25, 0.3) is 0 Å². The number of oxime groups is 1. The number of rotatable bonds is 5. The van der Waals surface area contributed by atoms with E-state index in [1.54, 1.807) is 12.1 Å². The van der Waals surface area contributed by atoms with Crippen LogP contribution in [0.5, 0.6) is 0 Å². The first kappa shape index (κ1) is 17.7. The number of amidine groups is 1. The molecular formula is C15H11Cl2N3O4. The molecular weight excluding hydrogens is 357 g/mol. The van der Waals surface area contributed by atoms with Gasteiger partial charge in [0.05, 0.1) is 20.5 Å². The summed E-state index contributed by atoms with van der Waals surface area (Å²) < 4.78 is 0. The molecule has 7 nitrogen and oxygen atoms in total. The van der Waals surface area contributed by atoms with Gasteiger partial charge in [0.15, 0.2) is 0 Å². The molecule has 0 aliphatic carbocycles. The minimum absolute atomic E-state index is 0.0275. The number of halogens is 2. The van der Waals surface area contributed by atoms with Crippen molar-refractivity contribution in [3.05, 3.63) is 73.8 Å². The van der Waals surface area contributed by atoms with Gasteiger partial charge in [0, 0.05) is 18.6 Å². The molecule has 0 unspecified atom stereocenters. The predicted octanol–water partition coefficient (Wildman–Crippen LogP) is 3.57. The van der Waals surface area contributed by atoms with Crippen LogP contribution in [-0.4, -0.2) is 16.7 Å². The van der Waals surface area contributed by atoms with Gasteiger partial charge in [0.25, 0.3) is 5.69 Å². The Balaban J connectivity index is 1.99. The van der Waals surface area contributed by atoms with E-state index < -0.39 is 10.9 Å². The third-order valence-corrected chi connectivity index (χ3v) is 3.67. The Morgan fingerprint density at radius 1 is 1.17 bits per heavy atom. The summed E-state index contributed by atoms with van der Waals surface area (Å²) in [6, 6.07) is 10.1. The molecule has 0 amide bonds. The predicted molar refractivity (Wildman–Crippen MR) is 90.3 cm³/mol. The number of non-ortho nitro benzene ring substituents is 1. The molecule has 0 atom stereocenters. The maximum Gasteiger partial charge on any atom is 0.365 e. The number of carbonyl (C=O) groups is 1. The van der Waals surface area contributed by atoms with Crippen LogP contribution in [0.4, 0.5) is 5.69 Å². The molecule has 0 bridgehead atoms. The molecule has 24 heavy (non-hydrogen) atoms. The molecule has 2 rings (SSSR count). The number of carbonyl (C=O) groups excluding carboxylic acids is 1. The van der Waals surface area contributed by atoms with E-state index in [-0.39, 0.29) is 28.5 Å². The fraction of sp³-hybridized carbons (Fsp3) is 0.0667. The number of hydrogen-bond acceptors (Lipinski definition) is 5. The van der Waals surface area contributed by atoms with Crippen molar-refractivity contribution in [2.45, 2.75) is 6.42 Å². The number of nitrogens with two attached hydrogens (primary N) is 1. The lowest BCUT2D eigenvalue weighted by molar-refractivity contribution is -0.384. The van der Waals surface area contributed by atoms with Crippen molar-refractivity contribution in [1.82, 2.24) is 0 Å². The number of nitro benzene ring substituents is 1. The smallest absolute Gasteiger partial charge is 0.365 e. The Morgan fingerprint density at radius 2 is 1.83 bits per heavy atom. The first-order chi connectivity index (χ1) is 11.4. The zero-order chi connectivity index (χ0) is 17.7. The van der Waals surface area contributed by atoms with Crippen LogP contribution in [0, 0.1) is 10.1 Å². The van der Waals surface area contributed by atoms with E-state index in [1.165, 1.54) is 30.3 Å². The van der Waals surface area contributed by atoms with E-state index in [4.69, 9.17) is 33.8 Å². The molecule has 0 saturated heterocycles. The molecule has 0 aliphatic rings. The maximum atomic E-state index is 11.8. The van der Waals surface area contributed by atoms with E-state index in [9.17, 15) is 14.9 Å². The van der Waals surface area contributed by atoms with Crippen LogP contribution in [0.1, 0.15) is 15.9 Å². The molecule has 0 saturated carbocycles. The molecule has 0 aliphatic heterocycles. The fourth-order valence-corrected chi connectivity index (χ4v) is 2.05. The monoisotopic (exact) mass is 367 g/mol. The summed E-state index contributed by atoms with van der Waals surface area (Å²) in [5.74, 6) is -0.697. The average Bonchev–Trinajstić information content (AvgIpc) is 2.55. The average molecular weight is 368 g/mol. The molecule has 0 aromatic heterocycles. The minimum atomic E-state index is -0.736. The van der Waals surface area contributed by atoms with Gasteiger partial charge in [0.2, 0.25) is 0 Å². The number of hydrogen-bond donors (Lipinski definition) is 1. The van der Waals surface area contributed by atoms with Crippen molar-refractivity contribution in [1.29, 1.82) is 0 Å². The normalized spacial score (nSPS) is 11.2. The lowest BCUT2D eigenvalue weighted by atomic mass is 10.1. The number of benzene rings is 2. The second-order valence-electron chi connectivity index (χ2n) is 4.69. The maximum absolute atomic E-state index is 11.8. The summed E-state index contributed by atoms with van der Waals surface area (Å²) >= 11 is 11.6. The molecule has 2 aromatic carbocycles. The van der Waals surface area contributed by atoms with Crippen LogP contribution in [0.15, 0.2) is 47.6 Å². The Hall–Kier alpha value is -2.64. The fourth-order valence-electron chi connectivity index (χ4n) is 1.75. The molecule has 0 heterocycles. The summed E-state index contributed by atoms with van der Waals surface area (Å²) in [5.41, 5.74) is 6.51. The van der Waals surface area contributed by atoms with Gasteiger partial charge < -0.3 is 10.6 Å². The number of nitro groups is 1. The Morgan fingerprint density at radius 3 is 2.42 bits per heavy atom. The molecule has 0 fully saturated rings. The highest BCUT2D eigenvalue weighted by atomic mass is 35.5. The van der Waals surface area contributed by atoms with Crippen molar-refractivity contribution in [2.24, 2.45) is 10.9 Å². The van der Waals surface area contributed by atoms with E-state index in [2.05, 4.69) is 5.16 Å². The summed E-state index contributed by atoms with van der Waals surface area (Å²) in [7, 11) is 0. The van der Waals surface area contributed by atoms with Crippen LogP contribution in [0.2, 0.25) is 10.0 Å². The van der Waals surface area contributed by atoms with E-state index >= 15 is 0 Å². The molecule has 0 radical (unpaired) electrons. The third kappa shape index (κ3) is 4.68. The van der Waals surface area contributed by atoms with E-state index in [1.807, 2.05) is 0 Å². The molecule has 9 heteroatoms. The van der Waals surface area contributed by atoms with Gasteiger partial charge in [0.1, 0.15) is 5.84 Å². The number of nitrogens with zero attached hydrogens (tertiary/aromatic N) is 2. The van der Waals surface area contributed by atoms with Crippen LogP contribution < -0.4 is 5.73 Å². The van der Waals surface area contributed by atoms with Crippen molar-refractivity contribution in [3.63, 3.8) is 0 Å². The van der Waals surface area contributed by atoms with Crippen LogP contribution in [-0.2, 0) is 11.3 Å². The van der Waals surface area contributed by atoms with Crippen molar-refractivity contribution in [3.8, 4) is 0 Å². The van der Waals surface area contributed by atoms with Crippen molar-refractivity contribution < 1.29 is 14.6 Å². The van der Waals surface area contributed by atoms with Crippen LogP contribution >= 0.6 is 23.2 Å². The zero-order valence-corrected chi connectivity index (χ0v) is 13.6. The highest BCUT2D eigenvalue weighted by Crippen LogP contribution is 2.23. The van der Waals surface area contributed by atoms with E-state index in [0.717, 1.165) is 0 Å². The van der Waals surface area contributed by atoms with Gasteiger partial charge in [-0.3, -0.25) is 10.1 Å². The second-order valence-corrected chi connectivity index (χ2v) is 5.50. The van der Waals surface area contributed by atoms with Crippen LogP contribution in [0.3, 0.4) is 0 Å². The summed E-state index contributed by atoms with van der Waals surface area (Å²) in [5, 5.41) is 14.6. The van der Waals surface area contributed by atoms with Gasteiger partial charge in [-0.25, -0.2) is 4.79 Å². The Labute approximate surface area is 146 Å². The van der Waals surface area contributed by atoms with Crippen molar-refractivity contribution >= 4 is 40.7 Å². The first-order valence-electron chi connectivity index (χ1n) is 6.59. The largest absolute Gasteiger partial charge is 0.384 e. The molecule has 2 aromatic rings. The molecule has 124 valence electrons. The Kier molecular flexibility index (Phi) is 5.73. The highest BCUT2D eigenvalue weighted by Gasteiger charge is 2.10. The quantitative estimate of drug-likeness (QED) is 0.285. The van der Waals surface area contributed by atoms with Gasteiger partial charge in [-0.1, -0.05) is 40.5 Å². The zero-order valence-electron chi connectivity index (χ0n) is 12.1. The molecule has 0 spiro atoms. The SMILES string of the molecule is N/C(Cc1ccc([N+](=O)[O-])cc1)=N\OC(=O)c1ccc(Cl)c(Cl)c1. The first-order valence-corrected chi connectivity index (χ1v) is 7.34. The second kappa shape index (κ2) is 7.76. The van der Waals surface area contributed by atoms with Gasteiger partial charge in [-0.05, 0) is 23.8 Å². The van der Waals surface area contributed by atoms with Gasteiger partial charge in [-0.15, -0.1) is 0 Å². The van der Waals surface area contributed by atoms with Gasteiger partial charge in [-0.2, -0.15) is 0 Å². The standard InChI is InChI=1S/C15H11Cl2N3O4/c16-12-6-3-10(8-13(12)17)15(21)24-19-14(18)7-9-1-4-11(5-2-9)20(22)23/h1-6,8H,7H2,(H2,18,19). The summed E-state index contributed by atoms with van der Waals surface area (Å²) in [6.45, 7) is 0. The topological polar surface area (TPSA) is 108 Å². The van der Waals surface area contributed by atoms with Crippen molar-refractivity contribution in [2.75, 3.05) is 0 Å². The summed E-state index contributed by atoms with van der Waals surface area (Å²) in [4.78, 5) is 26.6. The molecule has 2 N–H and O–H groups in total. The minimum Gasteiger partial charge on any atom is -0.384 e. The third-order valence-electron chi connectivity index (χ3n) is 2.93. The Bertz CT molecular complexity index is 807.